The minimum atomic E-state index is 0.818. The molecule has 0 radical (unpaired) electrons. The molecular weight excluding hydrogens is 424 g/mol. The summed E-state index contributed by atoms with van der Waals surface area (Å²) < 4.78 is 2.32. The summed E-state index contributed by atoms with van der Waals surface area (Å²) in [5, 5.41) is 2.42. The maximum Gasteiger partial charge on any atom is 0.0542 e. The largest absolute Gasteiger partial charge is 0.311 e. The van der Waals surface area contributed by atoms with Gasteiger partial charge in [0.25, 0.3) is 0 Å². The monoisotopic (exact) mass is 452 g/mol. The molecule has 2 heteroatoms. The number of para-hydroxylation sites is 2. The summed E-state index contributed by atoms with van der Waals surface area (Å²) >= 11 is 0. The molecule has 0 spiro atoms. The summed E-state index contributed by atoms with van der Waals surface area (Å²) in [5.41, 5.74) is 8.65. The van der Waals surface area contributed by atoms with Crippen molar-refractivity contribution in [3.8, 4) is 5.69 Å². The van der Waals surface area contributed by atoms with Crippen molar-refractivity contribution >= 4 is 38.8 Å². The average molecular weight is 453 g/mol. The van der Waals surface area contributed by atoms with Gasteiger partial charge < -0.3 is 9.47 Å². The topological polar surface area (TPSA) is 8.17 Å². The van der Waals surface area contributed by atoms with Crippen LogP contribution in [-0.4, -0.2) is 4.57 Å². The van der Waals surface area contributed by atoms with Crippen LogP contribution in [0, 0.1) is 0 Å². The molecule has 0 amide bonds. The number of fused-ring (bicyclic) bond motifs is 3. The van der Waals surface area contributed by atoms with Gasteiger partial charge in [0.15, 0.2) is 0 Å². The normalized spacial score (nSPS) is 11.5. The Morgan fingerprint density at radius 3 is 2.06 bits per heavy atom. The van der Waals surface area contributed by atoms with Gasteiger partial charge >= 0.3 is 0 Å². The van der Waals surface area contributed by atoms with Crippen molar-refractivity contribution in [2.45, 2.75) is 6.92 Å². The molecule has 5 rings (SSSR count). The number of benzene rings is 4. The van der Waals surface area contributed by atoms with E-state index in [1.165, 1.54) is 21.8 Å². The van der Waals surface area contributed by atoms with Gasteiger partial charge in [-0.1, -0.05) is 80.4 Å². The van der Waals surface area contributed by atoms with Gasteiger partial charge in [-0.15, -0.1) is 0 Å². The third-order valence-corrected chi connectivity index (χ3v) is 6.44. The van der Waals surface area contributed by atoms with E-state index >= 15 is 0 Å². The number of hydrogen-bond acceptors (Lipinski definition) is 1. The highest BCUT2D eigenvalue weighted by Crippen LogP contribution is 2.37. The Morgan fingerprint density at radius 2 is 1.37 bits per heavy atom. The molecule has 5 aromatic rings. The Hall–Kier alpha value is -4.56. The molecule has 2 nitrogen and oxygen atoms in total. The molecular formula is C33H28N2. The third kappa shape index (κ3) is 3.89. The number of anilines is 2. The summed E-state index contributed by atoms with van der Waals surface area (Å²) in [7, 11) is 0. The molecule has 0 unspecified atom stereocenters. The number of aromatic nitrogens is 1. The molecule has 0 aliphatic carbocycles. The molecule has 0 fully saturated rings. The van der Waals surface area contributed by atoms with Crippen molar-refractivity contribution in [2.75, 3.05) is 4.90 Å². The first-order valence-electron chi connectivity index (χ1n) is 11.8. The predicted molar refractivity (Wildman–Crippen MR) is 153 cm³/mol. The fourth-order valence-electron chi connectivity index (χ4n) is 4.73. The molecule has 1 heterocycles. The summed E-state index contributed by atoms with van der Waals surface area (Å²) in [6.45, 7) is 14.2. The summed E-state index contributed by atoms with van der Waals surface area (Å²) in [6, 6.07) is 34.2. The van der Waals surface area contributed by atoms with Crippen molar-refractivity contribution in [1.29, 1.82) is 0 Å². The molecule has 0 N–H and O–H groups in total. The van der Waals surface area contributed by atoms with Crippen molar-refractivity contribution in [3.05, 3.63) is 146 Å². The molecule has 4 aromatic carbocycles. The minimum Gasteiger partial charge on any atom is -0.311 e. The second kappa shape index (κ2) is 9.36. The molecule has 0 saturated carbocycles. The minimum absolute atomic E-state index is 0.818. The first-order chi connectivity index (χ1) is 17.2. The first-order valence-corrected chi connectivity index (χ1v) is 11.8. The maximum atomic E-state index is 4.29. The molecule has 0 aliphatic rings. The van der Waals surface area contributed by atoms with Crippen LogP contribution in [0.15, 0.2) is 141 Å². The van der Waals surface area contributed by atoms with Gasteiger partial charge in [-0.3, -0.25) is 0 Å². The predicted octanol–water partition coefficient (Wildman–Crippen LogP) is 9.21. The molecule has 0 bridgehead atoms. The smallest absolute Gasteiger partial charge is 0.0542 e. The Labute approximate surface area is 207 Å². The first kappa shape index (κ1) is 22.2. The summed E-state index contributed by atoms with van der Waals surface area (Å²) in [4.78, 5) is 2.15. The van der Waals surface area contributed by atoms with Crippen LogP contribution in [0.3, 0.4) is 0 Å². The molecule has 1 aromatic heterocycles. The quantitative estimate of drug-likeness (QED) is 0.223. The summed E-state index contributed by atoms with van der Waals surface area (Å²) in [6.07, 6.45) is 5.75. The lowest BCUT2D eigenvalue weighted by Gasteiger charge is -2.26. The number of allylic oxidation sites excluding steroid dienone is 4. The van der Waals surface area contributed by atoms with Crippen LogP contribution in [0.4, 0.5) is 11.4 Å². The Morgan fingerprint density at radius 1 is 0.714 bits per heavy atom. The molecule has 35 heavy (non-hydrogen) atoms. The summed E-state index contributed by atoms with van der Waals surface area (Å²) in [5.74, 6) is 0. The number of hydrogen-bond donors (Lipinski definition) is 0. The molecule has 0 aliphatic heterocycles. The van der Waals surface area contributed by atoms with Gasteiger partial charge in [0.1, 0.15) is 0 Å². The highest BCUT2D eigenvalue weighted by atomic mass is 15.1. The standard InChI is InChI=1S/C33H28N2/c1-5-24(4)34(28-19-17-26(18-20-28)25(6-2)7-3)29-21-22-33-31(23-29)30-15-11-12-16-32(30)35(33)27-13-9-8-10-14-27/h5-23H,1-2,4H2,3H3/b25-7+. The van der Waals surface area contributed by atoms with E-state index in [0.717, 1.165) is 33.9 Å². The molecule has 0 atom stereocenters. The van der Waals surface area contributed by atoms with E-state index in [4.69, 9.17) is 0 Å². The van der Waals surface area contributed by atoms with Crippen LogP contribution >= 0.6 is 0 Å². The van der Waals surface area contributed by atoms with Crippen molar-refractivity contribution in [1.82, 2.24) is 4.57 Å². The number of rotatable bonds is 7. The highest BCUT2D eigenvalue weighted by molar-refractivity contribution is 6.10. The lowest BCUT2D eigenvalue weighted by Crippen LogP contribution is -2.14. The van der Waals surface area contributed by atoms with E-state index in [-0.39, 0.29) is 0 Å². The van der Waals surface area contributed by atoms with E-state index in [2.05, 4.69) is 126 Å². The lowest BCUT2D eigenvalue weighted by molar-refractivity contribution is 1.18. The van der Waals surface area contributed by atoms with Gasteiger partial charge in [-0.2, -0.15) is 0 Å². The maximum absolute atomic E-state index is 4.29. The zero-order valence-electron chi connectivity index (χ0n) is 20.0. The van der Waals surface area contributed by atoms with Crippen LogP contribution in [-0.2, 0) is 0 Å². The SMILES string of the molecule is C=CC(=C)N(c1ccc(/C(C=C)=C/C)cc1)c1ccc2c(c1)c1ccccc1n2-c1ccccc1. The van der Waals surface area contributed by atoms with Crippen molar-refractivity contribution in [3.63, 3.8) is 0 Å². The van der Waals surface area contributed by atoms with E-state index in [1.54, 1.807) is 6.08 Å². The van der Waals surface area contributed by atoms with E-state index < -0.39 is 0 Å². The lowest BCUT2D eigenvalue weighted by atomic mass is 10.0. The van der Waals surface area contributed by atoms with Gasteiger partial charge in [-0.05, 0) is 72.7 Å². The zero-order chi connectivity index (χ0) is 24.4. The van der Waals surface area contributed by atoms with Crippen LogP contribution in [0.2, 0.25) is 0 Å². The zero-order valence-corrected chi connectivity index (χ0v) is 20.0. The van der Waals surface area contributed by atoms with Gasteiger partial charge in [0.2, 0.25) is 0 Å². The van der Waals surface area contributed by atoms with E-state index in [9.17, 15) is 0 Å². The third-order valence-electron chi connectivity index (χ3n) is 6.44. The molecule has 170 valence electrons. The number of nitrogens with zero attached hydrogens (tertiary/aromatic N) is 2. The van der Waals surface area contributed by atoms with Crippen LogP contribution in [0.5, 0.6) is 0 Å². The van der Waals surface area contributed by atoms with E-state index in [1.807, 2.05) is 19.1 Å². The van der Waals surface area contributed by atoms with Crippen LogP contribution in [0.1, 0.15) is 12.5 Å². The molecule has 0 saturated heterocycles. The van der Waals surface area contributed by atoms with Gasteiger partial charge in [0.05, 0.1) is 11.0 Å². The van der Waals surface area contributed by atoms with Gasteiger partial charge in [-0.25, -0.2) is 0 Å². The Balaban J connectivity index is 1.69. The fraction of sp³-hybridized carbons (Fsp3) is 0.0303. The van der Waals surface area contributed by atoms with Crippen LogP contribution in [0.25, 0.3) is 33.1 Å². The second-order valence-electron chi connectivity index (χ2n) is 8.42. The second-order valence-corrected chi connectivity index (χ2v) is 8.42. The van der Waals surface area contributed by atoms with Crippen molar-refractivity contribution in [2.24, 2.45) is 0 Å². The van der Waals surface area contributed by atoms with Gasteiger partial charge in [0, 0.05) is 33.5 Å². The fourth-order valence-corrected chi connectivity index (χ4v) is 4.73. The van der Waals surface area contributed by atoms with Crippen LogP contribution < -0.4 is 4.90 Å². The van der Waals surface area contributed by atoms with Crippen molar-refractivity contribution < 1.29 is 0 Å². The highest BCUT2D eigenvalue weighted by Gasteiger charge is 2.16. The Kier molecular flexibility index (Phi) is 5.95. The Bertz CT molecular complexity index is 1580. The van der Waals surface area contributed by atoms with E-state index in [0.29, 0.717) is 0 Å². The average Bonchev–Trinajstić information content (AvgIpc) is 3.24.